The molecule has 1 aliphatic carbocycles. The zero-order valence-corrected chi connectivity index (χ0v) is 13.0. The van der Waals surface area contributed by atoms with E-state index in [-0.39, 0.29) is 5.92 Å². The lowest BCUT2D eigenvalue weighted by Crippen LogP contribution is -2.46. The van der Waals surface area contributed by atoms with Crippen molar-refractivity contribution in [2.24, 2.45) is 5.92 Å². The summed E-state index contributed by atoms with van der Waals surface area (Å²) in [6.45, 7) is 1.42. The second-order valence-corrected chi connectivity index (χ2v) is 7.42. The van der Waals surface area contributed by atoms with Gasteiger partial charge in [-0.1, -0.05) is 11.6 Å². The minimum absolute atomic E-state index is 0.137. The first-order chi connectivity index (χ1) is 9.99. The normalized spacial score (nSPS) is 18.5. The second-order valence-electron chi connectivity index (χ2n) is 5.33. The van der Waals surface area contributed by atoms with Crippen LogP contribution in [0.1, 0.15) is 25.3 Å². The Morgan fingerprint density at radius 3 is 2.41 bits per heavy atom. The highest BCUT2D eigenvalue weighted by Gasteiger charge is 2.45. The van der Waals surface area contributed by atoms with Crippen molar-refractivity contribution in [3.63, 3.8) is 0 Å². The lowest BCUT2D eigenvalue weighted by atomic mass is 10.0. The number of nitrogens with zero attached hydrogens (tertiary/aromatic N) is 1. The van der Waals surface area contributed by atoms with Crippen LogP contribution in [0.3, 0.4) is 0 Å². The van der Waals surface area contributed by atoms with Crippen molar-refractivity contribution >= 4 is 21.6 Å². The van der Waals surface area contributed by atoms with Gasteiger partial charge in [-0.3, -0.25) is 0 Å². The SMILES string of the molecule is C[C@@](C#N)(NS(=O)(=O)c1ccc(Cl)c(C(F)(F)F)c1)C1CC1. The van der Waals surface area contributed by atoms with Crippen molar-refractivity contribution < 1.29 is 21.6 Å². The molecule has 0 saturated heterocycles. The average molecular weight is 353 g/mol. The Morgan fingerprint density at radius 2 is 1.95 bits per heavy atom. The van der Waals surface area contributed by atoms with Gasteiger partial charge in [0.25, 0.3) is 0 Å². The number of hydrogen-bond acceptors (Lipinski definition) is 3. The first-order valence-electron chi connectivity index (χ1n) is 6.31. The van der Waals surface area contributed by atoms with E-state index in [0.717, 1.165) is 12.1 Å². The lowest BCUT2D eigenvalue weighted by molar-refractivity contribution is -0.137. The van der Waals surface area contributed by atoms with Crippen LogP contribution in [-0.2, 0) is 16.2 Å². The van der Waals surface area contributed by atoms with Gasteiger partial charge in [-0.15, -0.1) is 0 Å². The van der Waals surface area contributed by atoms with Crippen LogP contribution in [0.15, 0.2) is 23.1 Å². The maximum Gasteiger partial charge on any atom is 0.417 e. The first kappa shape index (κ1) is 17.1. The third-order valence-electron chi connectivity index (χ3n) is 3.53. The van der Waals surface area contributed by atoms with Crippen LogP contribution < -0.4 is 4.72 Å². The Labute approximate surface area is 130 Å². The topological polar surface area (TPSA) is 70.0 Å². The molecule has 0 heterocycles. The van der Waals surface area contributed by atoms with E-state index in [9.17, 15) is 21.6 Å². The van der Waals surface area contributed by atoms with Gasteiger partial charge in [-0.25, -0.2) is 8.42 Å². The van der Waals surface area contributed by atoms with E-state index in [1.807, 2.05) is 6.07 Å². The van der Waals surface area contributed by atoms with E-state index in [1.165, 1.54) is 6.92 Å². The van der Waals surface area contributed by atoms with Crippen molar-refractivity contribution in [1.29, 1.82) is 5.26 Å². The highest BCUT2D eigenvalue weighted by Crippen LogP contribution is 2.40. The molecule has 0 radical (unpaired) electrons. The summed E-state index contributed by atoms with van der Waals surface area (Å²) < 4.78 is 65.1. The molecule has 1 aliphatic rings. The van der Waals surface area contributed by atoms with Crippen LogP contribution in [0.2, 0.25) is 5.02 Å². The maximum absolute atomic E-state index is 12.8. The van der Waals surface area contributed by atoms with Crippen molar-refractivity contribution in [3.8, 4) is 6.07 Å². The summed E-state index contributed by atoms with van der Waals surface area (Å²) in [6, 6.07) is 4.20. The number of nitrogens with one attached hydrogen (secondary N) is 1. The molecule has 120 valence electrons. The van der Waals surface area contributed by atoms with E-state index in [1.54, 1.807) is 0 Å². The molecule has 9 heteroatoms. The van der Waals surface area contributed by atoms with E-state index in [0.29, 0.717) is 18.9 Å². The highest BCUT2D eigenvalue weighted by atomic mass is 35.5. The summed E-state index contributed by atoms with van der Waals surface area (Å²) in [5, 5.41) is 8.57. The molecular formula is C13H12ClF3N2O2S. The fraction of sp³-hybridized carbons (Fsp3) is 0.462. The minimum Gasteiger partial charge on any atom is -0.207 e. The third kappa shape index (κ3) is 3.37. The molecule has 0 unspecified atom stereocenters. The molecule has 1 fully saturated rings. The van der Waals surface area contributed by atoms with Crippen LogP contribution in [0.5, 0.6) is 0 Å². The number of hydrogen-bond donors (Lipinski definition) is 1. The van der Waals surface area contributed by atoms with Crippen LogP contribution in [0.4, 0.5) is 13.2 Å². The molecule has 1 aromatic carbocycles. The Hall–Kier alpha value is -1.30. The Balaban J connectivity index is 2.40. The summed E-state index contributed by atoms with van der Waals surface area (Å²) in [6.07, 6.45) is -3.38. The van der Waals surface area contributed by atoms with Gasteiger partial charge >= 0.3 is 6.18 Å². The summed E-state index contributed by atoms with van der Waals surface area (Å²) in [5.41, 5.74) is -2.57. The second kappa shape index (κ2) is 5.41. The van der Waals surface area contributed by atoms with Gasteiger partial charge in [-0.2, -0.15) is 23.2 Å². The zero-order valence-electron chi connectivity index (χ0n) is 11.4. The van der Waals surface area contributed by atoms with E-state index in [2.05, 4.69) is 4.72 Å². The molecule has 0 aliphatic heterocycles. The number of benzene rings is 1. The molecule has 22 heavy (non-hydrogen) atoms. The monoisotopic (exact) mass is 352 g/mol. The molecule has 0 amide bonds. The molecule has 1 atom stereocenters. The standard InChI is InChI=1S/C13H12ClF3N2O2S/c1-12(7-18,8-2-3-8)19-22(20,21)9-4-5-11(14)10(6-9)13(15,16)17/h4-6,8,19H,2-3H2,1H3/t12-/m0/s1. The Kier molecular flexibility index (Phi) is 4.19. The van der Waals surface area contributed by atoms with Gasteiger partial charge < -0.3 is 0 Å². The van der Waals surface area contributed by atoms with E-state index >= 15 is 0 Å². The van der Waals surface area contributed by atoms with Gasteiger partial charge in [-0.05, 0) is 43.9 Å². The Morgan fingerprint density at radius 1 is 1.36 bits per heavy atom. The predicted molar refractivity (Wildman–Crippen MR) is 73.5 cm³/mol. The summed E-state index contributed by atoms with van der Waals surface area (Å²) in [5.74, 6) is -0.137. The fourth-order valence-corrected chi connectivity index (χ4v) is 3.72. The maximum atomic E-state index is 12.8. The summed E-state index contributed by atoms with van der Waals surface area (Å²) in [7, 11) is -4.27. The molecule has 1 N–H and O–H groups in total. The number of alkyl halides is 3. The van der Waals surface area contributed by atoms with E-state index < -0.39 is 37.2 Å². The smallest absolute Gasteiger partial charge is 0.207 e. The summed E-state index contributed by atoms with van der Waals surface area (Å²) in [4.78, 5) is -0.577. The number of nitriles is 1. The minimum atomic E-state index is -4.77. The fourth-order valence-electron chi connectivity index (χ4n) is 2.08. The summed E-state index contributed by atoms with van der Waals surface area (Å²) >= 11 is 5.46. The zero-order chi connectivity index (χ0) is 16.8. The average Bonchev–Trinajstić information content (AvgIpc) is 3.21. The molecule has 4 nitrogen and oxygen atoms in total. The van der Waals surface area contributed by atoms with Gasteiger partial charge in [0.2, 0.25) is 10.0 Å². The lowest BCUT2D eigenvalue weighted by Gasteiger charge is -2.23. The van der Waals surface area contributed by atoms with Gasteiger partial charge in [0.15, 0.2) is 0 Å². The van der Waals surface area contributed by atoms with Gasteiger partial charge in [0, 0.05) is 0 Å². The number of halogens is 4. The quantitative estimate of drug-likeness (QED) is 0.903. The molecule has 0 bridgehead atoms. The molecular weight excluding hydrogens is 341 g/mol. The Bertz CT molecular complexity index is 739. The van der Waals surface area contributed by atoms with Crippen molar-refractivity contribution in [1.82, 2.24) is 4.72 Å². The van der Waals surface area contributed by atoms with Crippen LogP contribution in [-0.4, -0.2) is 14.0 Å². The molecule has 2 rings (SSSR count). The van der Waals surface area contributed by atoms with E-state index in [4.69, 9.17) is 16.9 Å². The molecule has 1 aromatic rings. The van der Waals surface area contributed by atoms with Gasteiger partial charge in [0.1, 0.15) is 5.54 Å². The molecule has 0 aromatic heterocycles. The third-order valence-corrected chi connectivity index (χ3v) is 5.42. The van der Waals surface area contributed by atoms with Crippen LogP contribution >= 0.6 is 11.6 Å². The number of rotatable bonds is 4. The van der Waals surface area contributed by atoms with Crippen LogP contribution in [0, 0.1) is 17.2 Å². The number of sulfonamides is 1. The largest absolute Gasteiger partial charge is 0.417 e. The van der Waals surface area contributed by atoms with Gasteiger partial charge in [0.05, 0.1) is 21.6 Å². The first-order valence-corrected chi connectivity index (χ1v) is 8.18. The van der Waals surface area contributed by atoms with Crippen LogP contribution in [0.25, 0.3) is 0 Å². The highest BCUT2D eigenvalue weighted by molar-refractivity contribution is 7.89. The van der Waals surface area contributed by atoms with Crippen molar-refractivity contribution in [3.05, 3.63) is 28.8 Å². The molecule has 0 spiro atoms. The molecule has 1 saturated carbocycles. The van der Waals surface area contributed by atoms with Crippen molar-refractivity contribution in [2.45, 2.75) is 36.4 Å². The van der Waals surface area contributed by atoms with Crippen molar-refractivity contribution in [2.75, 3.05) is 0 Å². The predicted octanol–water partition coefficient (Wildman–Crippen LogP) is 3.33.